The number of carbonyl (C=O) groups excluding carboxylic acids is 1. The van der Waals surface area contributed by atoms with Gasteiger partial charge in [0, 0.05) is 5.56 Å². The summed E-state index contributed by atoms with van der Waals surface area (Å²) >= 11 is -1.54. The Morgan fingerprint density at radius 1 is 1.44 bits per heavy atom. The molecule has 0 radical (unpaired) electrons. The molecule has 0 aliphatic carbocycles. The minimum absolute atomic E-state index is 0.331. The van der Waals surface area contributed by atoms with Crippen LogP contribution < -0.4 is 10.5 Å². The zero-order chi connectivity index (χ0) is 13.7. The first-order valence-electron chi connectivity index (χ1n) is 5.95. The molecule has 0 saturated carbocycles. The minimum Gasteiger partial charge on any atom is -0.588 e. The smallest absolute Gasteiger partial charge is 0.278 e. The Balaban J connectivity index is 2.62. The molecular formula is C13H20N2O2S. The van der Waals surface area contributed by atoms with Crippen LogP contribution in [0.25, 0.3) is 0 Å². The van der Waals surface area contributed by atoms with Gasteiger partial charge in [0.25, 0.3) is 5.91 Å². The Kier molecular flexibility index (Phi) is 5.65. The zero-order valence-corrected chi connectivity index (χ0v) is 11.8. The van der Waals surface area contributed by atoms with E-state index in [0.717, 1.165) is 5.56 Å². The number of nitrogens with one attached hydrogen (secondary N) is 1. The van der Waals surface area contributed by atoms with E-state index in [2.05, 4.69) is 4.72 Å². The van der Waals surface area contributed by atoms with Crippen molar-refractivity contribution in [2.75, 3.05) is 0 Å². The highest BCUT2D eigenvalue weighted by Gasteiger charge is 2.22. The van der Waals surface area contributed by atoms with Gasteiger partial charge in [0.05, 0.1) is 6.04 Å². The largest absolute Gasteiger partial charge is 0.588 e. The van der Waals surface area contributed by atoms with Crippen LogP contribution >= 0.6 is 0 Å². The molecule has 0 heterocycles. The second-order valence-corrected chi connectivity index (χ2v) is 5.92. The van der Waals surface area contributed by atoms with Gasteiger partial charge in [-0.05, 0) is 25.3 Å². The normalized spacial score (nSPS) is 14.3. The Bertz CT molecular complexity index is 410. The first kappa shape index (κ1) is 15.0. The van der Waals surface area contributed by atoms with Crippen LogP contribution in [0.4, 0.5) is 0 Å². The van der Waals surface area contributed by atoms with Crippen molar-refractivity contribution in [2.24, 2.45) is 11.7 Å². The van der Waals surface area contributed by atoms with E-state index in [1.807, 2.05) is 32.9 Å². The van der Waals surface area contributed by atoms with Gasteiger partial charge in [-0.1, -0.05) is 32.0 Å². The summed E-state index contributed by atoms with van der Waals surface area (Å²) in [5.74, 6) is -0.0390. The molecular weight excluding hydrogens is 248 g/mol. The van der Waals surface area contributed by atoms with Crippen molar-refractivity contribution in [1.82, 2.24) is 4.72 Å². The standard InChI is InChI=1S/C13H20N2O2S/c1-9(2)8-11(14)13(16)15-18(17)12-7-5-4-6-10(12)3/h4-7,9,11H,8,14H2,1-3H3,(H,15,16). The lowest BCUT2D eigenvalue weighted by atomic mass is 10.0. The quantitative estimate of drug-likeness (QED) is 0.794. The van der Waals surface area contributed by atoms with E-state index >= 15 is 0 Å². The van der Waals surface area contributed by atoms with E-state index in [0.29, 0.717) is 17.2 Å². The van der Waals surface area contributed by atoms with Gasteiger partial charge >= 0.3 is 0 Å². The molecule has 3 N–H and O–H groups in total. The Morgan fingerprint density at radius 3 is 2.61 bits per heavy atom. The van der Waals surface area contributed by atoms with Crippen LogP contribution in [0, 0.1) is 12.8 Å². The van der Waals surface area contributed by atoms with Gasteiger partial charge in [-0.3, -0.25) is 4.79 Å². The van der Waals surface area contributed by atoms with Gasteiger partial charge in [0.1, 0.15) is 11.4 Å². The van der Waals surface area contributed by atoms with E-state index < -0.39 is 17.4 Å². The van der Waals surface area contributed by atoms with Crippen molar-refractivity contribution in [3.63, 3.8) is 0 Å². The lowest BCUT2D eigenvalue weighted by Crippen LogP contribution is -2.44. The number of benzene rings is 1. The average molecular weight is 268 g/mol. The third-order valence-corrected chi connectivity index (χ3v) is 3.79. The Morgan fingerprint density at radius 2 is 2.06 bits per heavy atom. The molecule has 0 spiro atoms. The van der Waals surface area contributed by atoms with Crippen LogP contribution in [0.5, 0.6) is 0 Å². The first-order valence-corrected chi connectivity index (χ1v) is 7.10. The molecule has 5 heteroatoms. The van der Waals surface area contributed by atoms with Gasteiger partial charge in [0.15, 0.2) is 4.90 Å². The number of hydrogen-bond acceptors (Lipinski definition) is 3. The summed E-state index contributed by atoms with van der Waals surface area (Å²) in [5.41, 5.74) is 6.62. The summed E-state index contributed by atoms with van der Waals surface area (Å²) in [4.78, 5) is 12.4. The summed E-state index contributed by atoms with van der Waals surface area (Å²) in [6.45, 7) is 5.84. The van der Waals surface area contributed by atoms with Gasteiger partial charge < -0.3 is 10.3 Å². The number of hydrogen-bond donors (Lipinski definition) is 2. The molecule has 2 atom stereocenters. The van der Waals surface area contributed by atoms with E-state index in [-0.39, 0.29) is 5.91 Å². The Labute approximate surface area is 111 Å². The van der Waals surface area contributed by atoms with Gasteiger partial charge in [0.2, 0.25) is 0 Å². The molecule has 18 heavy (non-hydrogen) atoms. The van der Waals surface area contributed by atoms with E-state index in [9.17, 15) is 9.35 Å². The predicted octanol–water partition coefficient (Wildman–Crippen LogP) is 1.51. The highest BCUT2D eigenvalue weighted by atomic mass is 32.2. The van der Waals surface area contributed by atoms with Crippen LogP contribution in [0.1, 0.15) is 25.8 Å². The molecule has 1 rings (SSSR count). The first-order chi connectivity index (χ1) is 8.41. The number of nitrogens with two attached hydrogens (primary N) is 1. The predicted molar refractivity (Wildman–Crippen MR) is 73.2 cm³/mol. The number of rotatable bonds is 5. The molecule has 1 aromatic rings. The molecule has 100 valence electrons. The maximum atomic E-state index is 12.0. The van der Waals surface area contributed by atoms with Crippen LogP contribution in [-0.2, 0) is 16.2 Å². The maximum absolute atomic E-state index is 12.0. The molecule has 1 amide bonds. The van der Waals surface area contributed by atoms with Crippen molar-refractivity contribution < 1.29 is 9.35 Å². The van der Waals surface area contributed by atoms with Crippen molar-refractivity contribution in [2.45, 2.75) is 38.1 Å². The summed E-state index contributed by atoms with van der Waals surface area (Å²) in [6, 6.07) is 6.63. The lowest BCUT2D eigenvalue weighted by Gasteiger charge is -2.16. The van der Waals surface area contributed by atoms with Crippen molar-refractivity contribution in [3.8, 4) is 0 Å². The molecule has 0 fully saturated rings. The molecule has 2 unspecified atom stereocenters. The molecule has 0 saturated heterocycles. The van der Waals surface area contributed by atoms with E-state index in [1.165, 1.54) is 0 Å². The van der Waals surface area contributed by atoms with Crippen molar-refractivity contribution >= 4 is 17.3 Å². The third-order valence-electron chi connectivity index (χ3n) is 2.55. The zero-order valence-electron chi connectivity index (χ0n) is 11.0. The second-order valence-electron chi connectivity index (χ2n) is 4.74. The molecule has 0 aromatic heterocycles. The van der Waals surface area contributed by atoms with Crippen molar-refractivity contribution in [1.29, 1.82) is 0 Å². The fourth-order valence-corrected chi connectivity index (χ4v) is 2.61. The SMILES string of the molecule is Cc1ccccc1[S+]([O-])NC(=O)C(N)CC(C)C. The lowest BCUT2D eigenvalue weighted by molar-refractivity contribution is -0.120. The van der Waals surface area contributed by atoms with Gasteiger partial charge in [-0.15, -0.1) is 0 Å². The highest BCUT2D eigenvalue weighted by molar-refractivity contribution is 7.90. The van der Waals surface area contributed by atoms with Crippen LogP contribution in [0.15, 0.2) is 29.2 Å². The highest BCUT2D eigenvalue weighted by Crippen LogP contribution is 2.14. The number of amides is 1. The number of aryl methyl sites for hydroxylation is 1. The molecule has 0 bridgehead atoms. The van der Waals surface area contributed by atoms with Crippen molar-refractivity contribution in [3.05, 3.63) is 29.8 Å². The van der Waals surface area contributed by atoms with E-state index in [1.54, 1.807) is 12.1 Å². The molecule has 1 aromatic carbocycles. The molecule has 0 aliphatic rings. The molecule has 4 nitrogen and oxygen atoms in total. The maximum Gasteiger partial charge on any atom is 0.278 e. The van der Waals surface area contributed by atoms with Crippen LogP contribution in [0.2, 0.25) is 0 Å². The van der Waals surface area contributed by atoms with Crippen LogP contribution in [0.3, 0.4) is 0 Å². The average Bonchev–Trinajstić information content (AvgIpc) is 2.28. The summed E-state index contributed by atoms with van der Waals surface area (Å²) in [5, 5.41) is 0. The van der Waals surface area contributed by atoms with Gasteiger partial charge in [-0.2, -0.15) is 4.72 Å². The fourth-order valence-electron chi connectivity index (χ4n) is 1.60. The van der Waals surface area contributed by atoms with Crippen LogP contribution in [-0.4, -0.2) is 16.5 Å². The summed E-state index contributed by atoms with van der Waals surface area (Å²) in [6.07, 6.45) is 0.580. The third kappa shape index (κ3) is 4.33. The fraction of sp³-hybridized carbons (Fsp3) is 0.462. The topological polar surface area (TPSA) is 78.2 Å². The number of carbonyl (C=O) groups is 1. The summed E-state index contributed by atoms with van der Waals surface area (Å²) in [7, 11) is 0. The summed E-state index contributed by atoms with van der Waals surface area (Å²) < 4.78 is 14.4. The minimum atomic E-state index is -1.54. The Hall–Kier alpha value is -1.04. The second kappa shape index (κ2) is 6.78. The van der Waals surface area contributed by atoms with E-state index in [4.69, 9.17) is 5.73 Å². The van der Waals surface area contributed by atoms with Gasteiger partial charge in [-0.25, -0.2) is 0 Å². The monoisotopic (exact) mass is 268 g/mol. The molecule has 0 aliphatic heterocycles.